The molecule has 1 aromatic rings. The molecule has 2 unspecified atom stereocenters. The molecule has 2 amide bonds. The molecule has 0 radical (unpaired) electrons. The number of piperidine rings is 1. The molecule has 1 fully saturated rings. The molecule has 1 aromatic carbocycles. The molecule has 0 spiro atoms. The fraction of sp³-hybridized carbons (Fsp3) is 0.571. The minimum Gasteiger partial charge on any atom is -0.481 e. The van der Waals surface area contributed by atoms with Gasteiger partial charge in [0.05, 0.1) is 5.92 Å². The van der Waals surface area contributed by atoms with Gasteiger partial charge < -0.3 is 15.3 Å². The number of nitrogens with one attached hydrogen (secondary N) is 1. The maximum Gasteiger partial charge on any atom is 0.315 e. The summed E-state index contributed by atoms with van der Waals surface area (Å²) in [5.74, 6) is -1.44. The molecule has 0 saturated carbocycles. The third-order valence-electron chi connectivity index (χ3n) is 5.22. The average molecular weight is 374 g/mol. The number of amides is 2. The van der Waals surface area contributed by atoms with E-state index in [4.69, 9.17) is 0 Å². The summed E-state index contributed by atoms with van der Waals surface area (Å²) in [6.45, 7) is 8.29. The van der Waals surface area contributed by atoms with Gasteiger partial charge in [0.1, 0.15) is 5.41 Å². The Morgan fingerprint density at radius 1 is 1.15 bits per heavy atom. The second kappa shape index (κ2) is 8.11. The summed E-state index contributed by atoms with van der Waals surface area (Å²) in [4.78, 5) is 38.8. The third-order valence-corrected chi connectivity index (χ3v) is 5.22. The monoisotopic (exact) mass is 374 g/mol. The minimum absolute atomic E-state index is 0.00883. The van der Waals surface area contributed by atoms with E-state index in [1.165, 1.54) is 0 Å². The number of aliphatic carboxylic acids is 1. The van der Waals surface area contributed by atoms with Crippen LogP contribution in [0.4, 0.5) is 0 Å². The van der Waals surface area contributed by atoms with Crippen LogP contribution in [0.3, 0.4) is 0 Å². The highest BCUT2D eigenvalue weighted by atomic mass is 16.4. The first-order valence-corrected chi connectivity index (χ1v) is 9.42. The lowest BCUT2D eigenvalue weighted by atomic mass is 9.82. The van der Waals surface area contributed by atoms with Crippen LogP contribution in [-0.2, 0) is 19.8 Å². The number of nitrogens with zero attached hydrogens (tertiary/aromatic N) is 1. The van der Waals surface area contributed by atoms with E-state index in [2.05, 4.69) is 5.32 Å². The van der Waals surface area contributed by atoms with Crippen LogP contribution in [0.5, 0.6) is 0 Å². The summed E-state index contributed by atoms with van der Waals surface area (Å²) in [7, 11) is 0. The van der Waals surface area contributed by atoms with E-state index in [1.807, 2.05) is 26.8 Å². The van der Waals surface area contributed by atoms with Crippen molar-refractivity contribution in [2.45, 2.75) is 46.0 Å². The number of carboxylic acids is 1. The lowest BCUT2D eigenvalue weighted by Gasteiger charge is -2.36. The van der Waals surface area contributed by atoms with Crippen molar-refractivity contribution < 1.29 is 19.5 Å². The quantitative estimate of drug-likeness (QED) is 0.829. The lowest BCUT2D eigenvalue weighted by molar-refractivity contribution is -0.143. The Labute approximate surface area is 160 Å². The molecule has 1 saturated heterocycles. The first kappa shape index (κ1) is 20.9. The standard InChI is InChI=1S/C21H30N2O4/c1-20(2,3)18(25)23-12-8-9-15(13-23)17(24)22-14-21(4,19(26)27)16-10-6-5-7-11-16/h5-7,10-11,15H,8-9,12-14H2,1-4H3,(H,22,24)(H,26,27). The number of rotatable bonds is 5. The largest absolute Gasteiger partial charge is 0.481 e. The van der Waals surface area contributed by atoms with E-state index in [-0.39, 0.29) is 24.3 Å². The zero-order valence-electron chi connectivity index (χ0n) is 16.6. The van der Waals surface area contributed by atoms with E-state index in [0.29, 0.717) is 25.1 Å². The predicted octanol–water partition coefficient (Wildman–Crippen LogP) is 2.43. The summed E-state index contributed by atoms with van der Waals surface area (Å²) >= 11 is 0. The van der Waals surface area contributed by atoms with Gasteiger partial charge in [-0.2, -0.15) is 0 Å². The summed E-state index contributed by atoms with van der Waals surface area (Å²) < 4.78 is 0. The topological polar surface area (TPSA) is 86.7 Å². The Kier molecular flexibility index (Phi) is 6.29. The Morgan fingerprint density at radius 3 is 2.33 bits per heavy atom. The molecule has 0 aliphatic carbocycles. The number of carbonyl (C=O) groups is 3. The van der Waals surface area contributed by atoms with Crippen LogP contribution >= 0.6 is 0 Å². The van der Waals surface area contributed by atoms with Crippen molar-refractivity contribution in [3.8, 4) is 0 Å². The van der Waals surface area contributed by atoms with E-state index in [0.717, 1.165) is 6.42 Å². The fourth-order valence-electron chi connectivity index (χ4n) is 3.37. The smallest absolute Gasteiger partial charge is 0.315 e. The Balaban J connectivity index is 2.03. The highest BCUT2D eigenvalue weighted by Gasteiger charge is 2.37. The summed E-state index contributed by atoms with van der Waals surface area (Å²) in [6, 6.07) is 8.91. The first-order valence-electron chi connectivity index (χ1n) is 9.42. The molecule has 148 valence electrons. The molecule has 2 rings (SSSR count). The van der Waals surface area contributed by atoms with Gasteiger partial charge in [0.2, 0.25) is 11.8 Å². The first-order chi connectivity index (χ1) is 12.6. The van der Waals surface area contributed by atoms with Crippen LogP contribution in [0, 0.1) is 11.3 Å². The van der Waals surface area contributed by atoms with Gasteiger partial charge >= 0.3 is 5.97 Å². The van der Waals surface area contributed by atoms with Crippen molar-refractivity contribution in [3.63, 3.8) is 0 Å². The zero-order chi connectivity index (χ0) is 20.2. The Bertz CT molecular complexity index is 696. The third kappa shape index (κ3) is 4.87. The van der Waals surface area contributed by atoms with Crippen molar-refractivity contribution in [2.75, 3.05) is 19.6 Å². The van der Waals surface area contributed by atoms with Crippen LogP contribution in [0.15, 0.2) is 30.3 Å². The van der Waals surface area contributed by atoms with E-state index >= 15 is 0 Å². The SMILES string of the molecule is CC(C)(C)C(=O)N1CCCC(C(=O)NCC(C)(C(=O)O)c2ccccc2)C1. The van der Waals surface area contributed by atoms with Crippen molar-refractivity contribution in [2.24, 2.45) is 11.3 Å². The van der Waals surface area contributed by atoms with Gasteiger partial charge in [0.25, 0.3) is 0 Å². The summed E-state index contributed by atoms with van der Waals surface area (Å²) in [5, 5.41) is 12.5. The van der Waals surface area contributed by atoms with Crippen molar-refractivity contribution >= 4 is 17.8 Å². The van der Waals surface area contributed by atoms with Crippen LogP contribution in [0.2, 0.25) is 0 Å². The Morgan fingerprint density at radius 2 is 1.78 bits per heavy atom. The van der Waals surface area contributed by atoms with Gasteiger partial charge in [-0.15, -0.1) is 0 Å². The van der Waals surface area contributed by atoms with Crippen LogP contribution in [-0.4, -0.2) is 47.4 Å². The summed E-state index contributed by atoms with van der Waals surface area (Å²) in [6.07, 6.45) is 1.48. The molecule has 1 aliphatic rings. The molecule has 6 nitrogen and oxygen atoms in total. The van der Waals surface area contributed by atoms with Gasteiger partial charge in [0.15, 0.2) is 0 Å². The van der Waals surface area contributed by atoms with Crippen molar-refractivity contribution in [1.29, 1.82) is 0 Å². The number of likely N-dealkylation sites (tertiary alicyclic amines) is 1. The molecule has 2 N–H and O–H groups in total. The molecular formula is C21H30N2O4. The number of hydrogen-bond donors (Lipinski definition) is 2. The maximum atomic E-state index is 12.7. The van der Waals surface area contributed by atoms with Gasteiger partial charge in [-0.1, -0.05) is 51.1 Å². The van der Waals surface area contributed by atoms with Crippen molar-refractivity contribution in [3.05, 3.63) is 35.9 Å². The van der Waals surface area contributed by atoms with Gasteiger partial charge in [0, 0.05) is 25.0 Å². The second-order valence-electron chi connectivity index (χ2n) is 8.56. The van der Waals surface area contributed by atoms with E-state index in [1.54, 1.807) is 36.1 Å². The molecular weight excluding hydrogens is 344 g/mol. The number of carboxylic acid groups (broad SMARTS) is 1. The summed E-state index contributed by atoms with van der Waals surface area (Å²) in [5.41, 5.74) is -1.04. The normalized spacial score (nSPS) is 19.9. The van der Waals surface area contributed by atoms with Gasteiger partial charge in [-0.25, -0.2) is 0 Å². The van der Waals surface area contributed by atoms with Gasteiger partial charge in [-0.3, -0.25) is 14.4 Å². The average Bonchev–Trinajstić information content (AvgIpc) is 2.65. The van der Waals surface area contributed by atoms with Crippen LogP contribution in [0.1, 0.15) is 46.1 Å². The van der Waals surface area contributed by atoms with Crippen molar-refractivity contribution in [1.82, 2.24) is 10.2 Å². The molecule has 1 heterocycles. The lowest BCUT2D eigenvalue weighted by Crippen LogP contribution is -2.51. The highest BCUT2D eigenvalue weighted by molar-refractivity contribution is 5.85. The zero-order valence-corrected chi connectivity index (χ0v) is 16.6. The molecule has 0 bridgehead atoms. The van der Waals surface area contributed by atoms with E-state index in [9.17, 15) is 19.5 Å². The highest BCUT2D eigenvalue weighted by Crippen LogP contribution is 2.25. The predicted molar refractivity (Wildman–Crippen MR) is 103 cm³/mol. The fourth-order valence-corrected chi connectivity index (χ4v) is 3.37. The molecule has 1 aliphatic heterocycles. The maximum absolute atomic E-state index is 12.7. The Hall–Kier alpha value is -2.37. The molecule has 0 aromatic heterocycles. The number of benzene rings is 1. The number of carbonyl (C=O) groups excluding carboxylic acids is 2. The minimum atomic E-state index is -1.20. The number of hydrogen-bond acceptors (Lipinski definition) is 3. The van der Waals surface area contributed by atoms with Crippen LogP contribution in [0.25, 0.3) is 0 Å². The van der Waals surface area contributed by atoms with Crippen LogP contribution < -0.4 is 5.32 Å². The van der Waals surface area contributed by atoms with Gasteiger partial charge in [-0.05, 0) is 25.3 Å². The molecule has 6 heteroatoms. The molecule has 2 atom stereocenters. The molecule has 27 heavy (non-hydrogen) atoms. The van der Waals surface area contributed by atoms with E-state index < -0.39 is 16.8 Å². The second-order valence-corrected chi connectivity index (χ2v) is 8.56.